The summed E-state index contributed by atoms with van der Waals surface area (Å²) >= 11 is 0. The molecule has 1 aliphatic rings. The maximum Gasteiger partial charge on any atom is 0.393 e. The second kappa shape index (κ2) is 7.27. The van der Waals surface area contributed by atoms with E-state index in [1.807, 2.05) is 49.1 Å². The van der Waals surface area contributed by atoms with Gasteiger partial charge in [-0.3, -0.25) is 4.98 Å². The van der Waals surface area contributed by atoms with E-state index >= 15 is 0 Å². The highest BCUT2D eigenvalue weighted by Crippen LogP contribution is 2.36. The van der Waals surface area contributed by atoms with Crippen LogP contribution in [0.1, 0.15) is 29.8 Å². The Kier molecular flexibility index (Phi) is 5.23. The molecule has 2 aromatic rings. The first-order chi connectivity index (χ1) is 12.3. The third-order valence-electron chi connectivity index (χ3n) is 4.95. The molecule has 1 aromatic heterocycles. The van der Waals surface area contributed by atoms with Crippen LogP contribution < -0.4 is 10.6 Å². The maximum absolute atomic E-state index is 13.1. The second-order valence-corrected chi connectivity index (χ2v) is 7.01. The van der Waals surface area contributed by atoms with Crippen molar-refractivity contribution >= 4 is 5.69 Å². The van der Waals surface area contributed by atoms with Crippen LogP contribution in [-0.2, 0) is 6.54 Å². The molecule has 0 bridgehead atoms. The molecule has 2 N–H and O–H groups in total. The molecular weight excluding hydrogens is 339 g/mol. The lowest BCUT2D eigenvalue weighted by Gasteiger charge is -2.35. The molecule has 2 heterocycles. The van der Waals surface area contributed by atoms with Crippen molar-refractivity contribution in [2.45, 2.75) is 39.4 Å². The molecule has 1 fully saturated rings. The minimum atomic E-state index is -4.14. The summed E-state index contributed by atoms with van der Waals surface area (Å²) in [5.74, 6) is -1.26. The first-order valence-corrected chi connectivity index (χ1v) is 8.88. The van der Waals surface area contributed by atoms with Crippen LogP contribution in [0.15, 0.2) is 30.3 Å². The van der Waals surface area contributed by atoms with E-state index in [1.165, 1.54) is 0 Å². The van der Waals surface area contributed by atoms with Crippen LogP contribution in [-0.4, -0.2) is 24.2 Å². The number of aryl methyl sites for hydroxylation is 2. The van der Waals surface area contributed by atoms with Crippen LogP contribution in [0.3, 0.4) is 0 Å². The van der Waals surface area contributed by atoms with Crippen molar-refractivity contribution in [2.75, 3.05) is 18.0 Å². The molecule has 1 aliphatic heterocycles. The lowest BCUT2D eigenvalue weighted by molar-refractivity contribution is -0.175. The number of nitrogens with zero attached hydrogens (tertiary/aromatic N) is 2. The Morgan fingerprint density at radius 1 is 1.15 bits per heavy atom. The van der Waals surface area contributed by atoms with E-state index in [0.29, 0.717) is 19.5 Å². The van der Waals surface area contributed by atoms with Crippen LogP contribution in [0, 0.1) is 19.8 Å². The molecule has 0 saturated carbocycles. The Balaban J connectivity index is 1.91. The zero-order chi connectivity index (χ0) is 18.9. The van der Waals surface area contributed by atoms with E-state index in [9.17, 15) is 13.2 Å². The van der Waals surface area contributed by atoms with E-state index < -0.39 is 12.1 Å². The molecule has 1 unspecified atom stereocenters. The predicted octanol–water partition coefficient (Wildman–Crippen LogP) is 4.60. The van der Waals surface area contributed by atoms with Crippen molar-refractivity contribution < 1.29 is 13.2 Å². The Morgan fingerprint density at radius 3 is 2.46 bits per heavy atom. The molecule has 140 valence electrons. The van der Waals surface area contributed by atoms with Gasteiger partial charge in [0, 0.05) is 36.7 Å². The van der Waals surface area contributed by atoms with Crippen LogP contribution in [0.5, 0.6) is 0 Å². The van der Waals surface area contributed by atoms with Gasteiger partial charge in [-0.2, -0.15) is 13.2 Å². The molecule has 3 nitrogen and oxygen atoms in total. The Morgan fingerprint density at radius 2 is 1.85 bits per heavy atom. The zero-order valence-corrected chi connectivity index (χ0v) is 15.1. The third kappa shape index (κ3) is 4.01. The number of aromatic nitrogens is 1. The summed E-state index contributed by atoms with van der Waals surface area (Å²) in [4.78, 5) is 6.22. The highest BCUT2D eigenvalue weighted by molar-refractivity contribution is 5.71. The number of rotatable bonds is 3. The van der Waals surface area contributed by atoms with Gasteiger partial charge >= 0.3 is 6.18 Å². The normalized spacial score (nSPS) is 18.2. The van der Waals surface area contributed by atoms with Gasteiger partial charge in [0.1, 0.15) is 0 Å². The summed E-state index contributed by atoms with van der Waals surface area (Å²) in [6.07, 6.45) is -3.38. The van der Waals surface area contributed by atoms with Crippen LogP contribution >= 0.6 is 0 Å². The fraction of sp³-hybridized carbons (Fsp3) is 0.450. The van der Waals surface area contributed by atoms with Crippen LogP contribution in [0.25, 0.3) is 11.1 Å². The van der Waals surface area contributed by atoms with Gasteiger partial charge in [-0.1, -0.05) is 6.07 Å². The highest BCUT2D eigenvalue weighted by atomic mass is 19.4. The van der Waals surface area contributed by atoms with Gasteiger partial charge in [0.25, 0.3) is 0 Å². The monoisotopic (exact) mass is 363 g/mol. The number of benzene rings is 1. The maximum atomic E-state index is 13.1. The molecule has 0 radical (unpaired) electrons. The van der Waals surface area contributed by atoms with Gasteiger partial charge < -0.3 is 10.6 Å². The van der Waals surface area contributed by atoms with E-state index in [-0.39, 0.29) is 13.0 Å². The molecule has 3 rings (SSSR count). The first-order valence-electron chi connectivity index (χ1n) is 8.88. The number of alkyl halides is 3. The standard InChI is InChI=1S/C20H24F3N3/c1-13-8-15(9-14(2)25-13)19-6-5-18(10-16(19)11-24)26-7-3-4-17(12-26)20(21,22)23/h5-6,8-10,17H,3-4,7,11-12,24H2,1-2H3. The summed E-state index contributed by atoms with van der Waals surface area (Å²) in [5.41, 5.74) is 11.6. The smallest absolute Gasteiger partial charge is 0.371 e. The summed E-state index contributed by atoms with van der Waals surface area (Å²) in [5, 5.41) is 0. The van der Waals surface area contributed by atoms with Gasteiger partial charge in [-0.05, 0) is 67.6 Å². The lowest BCUT2D eigenvalue weighted by Crippen LogP contribution is -2.41. The Hall–Kier alpha value is -2.08. The predicted molar refractivity (Wildman–Crippen MR) is 98.0 cm³/mol. The molecule has 1 saturated heterocycles. The third-order valence-corrected chi connectivity index (χ3v) is 4.95. The van der Waals surface area contributed by atoms with Crippen molar-refractivity contribution in [1.82, 2.24) is 4.98 Å². The number of nitrogens with two attached hydrogens (primary N) is 1. The highest BCUT2D eigenvalue weighted by Gasteiger charge is 2.41. The minimum absolute atomic E-state index is 0.0142. The molecule has 0 amide bonds. The van der Waals surface area contributed by atoms with E-state index in [4.69, 9.17) is 5.73 Å². The van der Waals surface area contributed by atoms with Crippen LogP contribution in [0.2, 0.25) is 0 Å². The van der Waals surface area contributed by atoms with Gasteiger partial charge in [-0.25, -0.2) is 0 Å². The largest absolute Gasteiger partial charge is 0.393 e. The number of halogens is 3. The quantitative estimate of drug-likeness (QED) is 0.866. The van der Waals surface area contributed by atoms with Gasteiger partial charge in [0.2, 0.25) is 0 Å². The second-order valence-electron chi connectivity index (χ2n) is 7.01. The van der Waals surface area contributed by atoms with Crippen molar-refractivity contribution in [2.24, 2.45) is 11.7 Å². The zero-order valence-electron chi connectivity index (χ0n) is 15.1. The molecule has 1 atom stereocenters. The van der Waals surface area contributed by atoms with Gasteiger partial charge in [-0.15, -0.1) is 0 Å². The number of hydrogen-bond donors (Lipinski definition) is 1. The Labute approximate surface area is 152 Å². The van der Waals surface area contributed by atoms with Crippen LogP contribution in [0.4, 0.5) is 18.9 Å². The first kappa shape index (κ1) is 18.7. The molecule has 0 spiro atoms. The number of pyridine rings is 1. The Bertz CT molecular complexity index is 766. The fourth-order valence-electron chi connectivity index (χ4n) is 3.70. The van der Waals surface area contributed by atoms with E-state index in [1.54, 1.807) is 0 Å². The fourth-order valence-corrected chi connectivity index (χ4v) is 3.70. The summed E-state index contributed by atoms with van der Waals surface area (Å²) in [6, 6.07) is 9.80. The van der Waals surface area contributed by atoms with Crippen molar-refractivity contribution in [3.05, 3.63) is 47.3 Å². The van der Waals surface area contributed by atoms with E-state index in [0.717, 1.165) is 33.8 Å². The van der Waals surface area contributed by atoms with E-state index in [2.05, 4.69) is 4.98 Å². The van der Waals surface area contributed by atoms with Crippen molar-refractivity contribution in [1.29, 1.82) is 0 Å². The average Bonchev–Trinajstić information content (AvgIpc) is 2.59. The summed E-state index contributed by atoms with van der Waals surface area (Å²) < 4.78 is 39.3. The number of anilines is 1. The minimum Gasteiger partial charge on any atom is -0.371 e. The number of hydrogen-bond acceptors (Lipinski definition) is 3. The SMILES string of the molecule is Cc1cc(-c2ccc(N3CCCC(C(F)(F)F)C3)cc2CN)cc(C)n1. The number of piperidine rings is 1. The topological polar surface area (TPSA) is 42.1 Å². The van der Waals surface area contributed by atoms with Gasteiger partial charge in [0.05, 0.1) is 5.92 Å². The van der Waals surface area contributed by atoms with Gasteiger partial charge in [0.15, 0.2) is 0 Å². The molecule has 26 heavy (non-hydrogen) atoms. The average molecular weight is 363 g/mol. The lowest BCUT2D eigenvalue weighted by atomic mass is 9.95. The molecular formula is C20H24F3N3. The van der Waals surface area contributed by atoms with Crippen molar-refractivity contribution in [3.63, 3.8) is 0 Å². The summed E-state index contributed by atoms with van der Waals surface area (Å²) in [7, 11) is 0. The molecule has 1 aromatic carbocycles. The molecule has 0 aliphatic carbocycles. The van der Waals surface area contributed by atoms with Crippen molar-refractivity contribution in [3.8, 4) is 11.1 Å². The molecule has 6 heteroatoms. The summed E-state index contributed by atoms with van der Waals surface area (Å²) in [6.45, 7) is 4.87.